The third kappa shape index (κ3) is 2.13. The molecule has 0 aliphatic carbocycles. The SMILES string of the molecule is NC1[Se]C=CN1Cc1ccccc1. The fraction of sp³-hybridized carbons (Fsp3) is 0.200. The number of benzene rings is 1. The molecular formula is C10H12N2Se. The van der Waals surface area contributed by atoms with Gasteiger partial charge >= 0.3 is 84.3 Å². The van der Waals surface area contributed by atoms with E-state index in [1.165, 1.54) is 5.56 Å². The van der Waals surface area contributed by atoms with Crippen molar-refractivity contribution in [1.82, 2.24) is 4.90 Å². The summed E-state index contributed by atoms with van der Waals surface area (Å²) in [5.41, 5.74) is 7.24. The molecule has 1 atom stereocenters. The summed E-state index contributed by atoms with van der Waals surface area (Å²) in [7, 11) is 0. The van der Waals surface area contributed by atoms with E-state index >= 15 is 0 Å². The van der Waals surface area contributed by atoms with Crippen LogP contribution in [0.2, 0.25) is 0 Å². The van der Waals surface area contributed by atoms with Crippen LogP contribution in [-0.4, -0.2) is 24.9 Å². The molecule has 0 fully saturated rings. The van der Waals surface area contributed by atoms with Crippen LogP contribution < -0.4 is 5.73 Å². The summed E-state index contributed by atoms with van der Waals surface area (Å²) in [6, 6.07) is 10.4. The Hall–Kier alpha value is -0.761. The standard InChI is InChI=1S/C10H12N2Se/c11-10-12(6-7-13-10)8-9-4-2-1-3-5-9/h1-7,10H,8,11H2. The zero-order valence-corrected chi connectivity index (χ0v) is 8.97. The summed E-state index contributed by atoms with van der Waals surface area (Å²) in [4.78, 5) is 4.37. The minimum absolute atomic E-state index is 0.229. The van der Waals surface area contributed by atoms with Gasteiger partial charge in [0.1, 0.15) is 0 Å². The average Bonchev–Trinajstić information content (AvgIpc) is 2.54. The van der Waals surface area contributed by atoms with E-state index in [4.69, 9.17) is 5.73 Å². The van der Waals surface area contributed by atoms with Gasteiger partial charge < -0.3 is 0 Å². The molecule has 0 spiro atoms. The second-order valence-electron chi connectivity index (χ2n) is 2.97. The van der Waals surface area contributed by atoms with Crippen molar-refractivity contribution in [3.05, 3.63) is 47.1 Å². The Bertz CT molecular complexity index is 297. The predicted molar refractivity (Wildman–Crippen MR) is 54.9 cm³/mol. The second kappa shape index (κ2) is 3.97. The first-order chi connectivity index (χ1) is 6.36. The molecular weight excluding hydrogens is 227 g/mol. The van der Waals surface area contributed by atoms with Gasteiger partial charge in [0.2, 0.25) is 0 Å². The van der Waals surface area contributed by atoms with E-state index in [-0.39, 0.29) is 5.06 Å². The van der Waals surface area contributed by atoms with Gasteiger partial charge in [0, 0.05) is 0 Å². The maximum absolute atomic E-state index is 5.92. The van der Waals surface area contributed by atoms with E-state index in [1.807, 2.05) is 6.07 Å². The van der Waals surface area contributed by atoms with Crippen LogP contribution in [0, 0.1) is 0 Å². The van der Waals surface area contributed by atoms with Crippen LogP contribution in [-0.2, 0) is 6.54 Å². The van der Waals surface area contributed by atoms with Crippen molar-refractivity contribution in [3.63, 3.8) is 0 Å². The third-order valence-corrected chi connectivity index (χ3v) is 3.74. The zero-order valence-electron chi connectivity index (χ0n) is 7.26. The molecule has 1 aromatic rings. The molecule has 0 saturated heterocycles. The number of rotatable bonds is 2. The van der Waals surface area contributed by atoms with Crippen LogP contribution >= 0.6 is 0 Å². The van der Waals surface area contributed by atoms with Crippen LogP contribution in [0.15, 0.2) is 41.5 Å². The molecule has 2 nitrogen and oxygen atoms in total. The van der Waals surface area contributed by atoms with E-state index in [0.29, 0.717) is 15.0 Å². The molecule has 1 unspecified atom stereocenters. The number of nitrogens with two attached hydrogens (primary N) is 1. The predicted octanol–water partition coefficient (Wildman–Crippen LogP) is 0.920. The number of hydrogen-bond donors (Lipinski definition) is 1. The quantitative estimate of drug-likeness (QED) is 0.777. The van der Waals surface area contributed by atoms with Gasteiger partial charge in [0.05, 0.1) is 0 Å². The van der Waals surface area contributed by atoms with Crippen molar-refractivity contribution in [2.45, 2.75) is 11.6 Å². The summed E-state index contributed by atoms with van der Waals surface area (Å²) in [5, 5.41) is 0.229. The van der Waals surface area contributed by atoms with Gasteiger partial charge in [-0.1, -0.05) is 0 Å². The van der Waals surface area contributed by atoms with E-state index in [2.05, 4.69) is 40.3 Å². The van der Waals surface area contributed by atoms with Gasteiger partial charge in [0.25, 0.3) is 0 Å². The van der Waals surface area contributed by atoms with Crippen molar-refractivity contribution in [1.29, 1.82) is 0 Å². The van der Waals surface area contributed by atoms with Gasteiger partial charge in [-0.15, -0.1) is 0 Å². The monoisotopic (exact) mass is 240 g/mol. The Labute approximate surface area is 84.6 Å². The van der Waals surface area contributed by atoms with Crippen LogP contribution in [0.5, 0.6) is 0 Å². The van der Waals surface area contributed by atoms with Gasteiger partial charge in [-0.05, 0) is 0 Å². The van der Waals surface area contributed by atoms with E-state index < -0.39 is 0 Å². The normalized spacial score (nSPS) is 21.0. The Morgan fingerprint density at radius 3 is 2.69 bits per heavy atom. The number of hydrogen-bond acceptors (Lipinski definition) is 2. The van der Waals surface area contributed by atoms with Crippen molar-refractivity contribution in [3.8, 4) is 0 Å². The van der Waals surface area contributed by atoms with Crippen LogP contribution in [0.3, 0.4) is 0 Å². The summed E-state index contributed by atoms with van der Waals surface area (Å²) in [6.45, 7) is 0.931. The molecule has 0 saturated carbocycles. The molecule has 1 aromatic carbocycles. The van der Waals surface area contributed by atoms with E-state index in [1.54, 1.807) is 0 Å². The second-order valence-corrected chi connectivity index (χ2v) is 5.13. The number of nitrogens with zero attached hydrogens (tertiary/aromatic N) is 1. The Morgan fingerprint density at radius 1 is 1.31 bits per heavy atom. The molecule has 13 heavy (non-hydrogen) atoms. The van der Waals surface area contributed by atoms with Gasteiger partial charge in [-0.25, -0.2) is 0 Å². The topological polar surface area (TPSA) is 29.3 Å². The van der Waals surface area contributed by atoms with Gasteiger partial charge in [-0.2, -0.15) is 0 Å². The maximum atomic E-state index is 5.92. The molecule has 0 amide bonds. The minimum atomic E-state index is 0.229. The fourth-order valence-corrected chi connectivity index (χ4v) is 2.74. The molecule has 2 rings (SSSR count). The molecule has 3 heteroatoms. The molecule has 1 heterocycles. The van der Waals surface area contributed by atoms with Crippen molar-refractivity contribution in [2.75, 3.05) is 0 Å². The van der Waals surface area contributed by atoms with E-state index in [0.717, 1.165) is 6.54 Å². The average molecular weight is 239 g/mol. The summed E-state index contributed by atoms with van der Waals surface area (Å²) < 4.78 is 0. The van der Waals surface area contributed by atoms with Crippen LogP contribution in [0.4, 0.5) is 0 Å². The first-order valence-electron chi connectivity index (χ1n) is 4.23. The first kappa shape index (κ1) is 8.82. The Morgan fingerprint density at radius 2 is 2.08 bits per heavy atom. The summed E-state index contributed by atoms with van der Waals surface area (Å²) >= 11 is 0.453. The first-order valence-corrected chi connectivity index (χ1v) is 6.21. The molecule has 0 bridgehead atoms. The molecule has 0 radical (unpaired) electrons. The van der Waals surface area contributed by atoms with Crippen molar-refractivity contribution in [2.24, 2.45) is 5.73 Å². The van der Waals surface area contributed by atoms with E-state index in [9.17, 15) is 0 Å². The van der Waals surface area contributed by atoms with Crippen molar-refractivity contribution >= 4 is 15.0 Å². The fourth-order valence-electron chi connectivity index (χ4n) is 1.29. The van der Waals surface area contributed by atoms with Gasteiger partial charge in [0.15, 0.2) is 0 Å². The summed E-state index contributed by atoms with van der Waals surface area (Å²) in [5.74, 6) is 0. The third-order valence-electron chi connectivity index (χ3n) is 2.01. The Kier molecular flexibility index (Phi) is 2.69. The molecule has 1 aliphatic rings. The van der Waals surface area contributed by atoms with Crippen molar-refractivity contribution < 1.29 is 0 Å². The van der Waals surface area contributed by atoms with Gasteiger partial charge in [-0.3, -0.25) is 0 Å². The molecule has 68 valence electrons. The summed E-state index contributed by atoms with van der Waals surface area (Å²) in [6.07, 6.45) is 2.11. The molecule has 0 aromatic heterocycles. The van der Waals surface area contributed by atoms with Crippen LogP contribution in [0.25, 0.3) is 0 Å². The molecule has 1 aliphatic heterocycles. The van der Waals surface area contributed by atoms with Crippen LogP contribution in [0.1, 0.15) is 5.56 Å². The zero-order chi connectivity index (χ0) is 9.10. The Balaban J connectivity index is 2.02. The molecule has 2 N–H and O–H groups in total.